The highest BCUT2D eigenvalue weighted by molar-refractivity contribution is 5.98. The normalized spacial score (nSPS) is 14.9. The average Bonchev–Trinajstić information content (AvgIpc) is 2.73. The molecule has 0 aromatic heterocycles. The number of nitrogens with zero attached hydrogens (tertiary/aromatic N) is 1. The minimum Gasteiger partial charge on any atom is -0.348 e. The van der Waals surface area contributed by atoms with Crippen LogP contribution in [0.5, 0.6) is 0 Å². The maximum Gasteiger partial charge on any atom is 0.251 e. The van der Waals surface area contributed by atoms with Gasteiger partial charge < -0.3 is 10.6 Å². The summed E-state index contributed by atoms with van der Waals surface area (Å²) in [6, 6.07) is 15.2. The standard InChI is InChI=1S/C25H33N3O2/c1-25(2,3)27-24(30)22-13-11-21(12-14-22)23(29)26-17-19-7-9-20(10-8-19)18-28-15-5-4-6-16-28/h7-14H,4-6,15-18H2,1-3H3,(H,26,29)(H,27,30). The molecular weight excluding hydrogens is 374 g/mol. The van der Waals surface area contributed by atoms with Crippen molar-refractivity contribution >= 4 is 11.8 Å². The first-order valence-corrected chi connectivity index (χ1v) is 10.8. The SMILES string of the molecule is CC(C)(C)NC(=O)c1ccc(C(=O)NCc2ccc(CN3CCCCC3)cc2)cc1. The molecule has 1 aliphatic rings. The van der Waals surface area contributed by atoms with Gasteiger partial charge in [-0.2, -0.15) is 0 Å². The Morgan fingerprint density at radius 2 is 1.33 bits per heavy atom. The van der Waals surface area contributed by atoms with Gasteiger partial charge in [0.25, 0.3) is 11.8 Å². The van der Waals surface area contributed by atoms with Crippen molar-refractivity contribution in [1.82, 2.24) is 15.5 Å². The lowest BCUT2D eigenvalue weighted by Crippen LogP contribution is -2.40. The lowest BCUT2D eigenvalue weighted by Gasteiger charge is -2.26. The van der Waals surface area contributed by atoms with E-state index in [1.54, 1.807) is 24.3 Å². The summed E-state index contributed by atoms with van der Waals surface area (Å²) in [4.78, 5) is 27.1. The van der Waals surface area contributed by atoms with Crippen LogP contribution in [0.1, 0.15) is 71.9 Å². The summed E-state index contributed by atoms with van der Waals surface area (Å²) in [5, 5.41) is 5.87. The molecule has 5 heteroatoms. The molecule has 0 aliphatic carbocycles. The van der Waals surface area contributed by atoms with E-state index in [4.69, 9.17) is 0 Å². The Bertz CT molecular complexity index is 845. The van der Waals surface area contributed by atoms with Gasteiger partial charge in [0, 0.05) is 29.8 Å². The van der Waals surface area contributed by atoms with Crippen LogP contribution in [-0.4, -0.2) is 35.3 Å². The molecule has 2 N–H and O–H groups in total. The summed E-state index contributed by atoms with van der Waals surface area (Å²) in [6.45, 7) is 9.67. The number of likely N-dealkylation sites (tertiary alicyclic amines) is 1. The first-order chi connectivity index (χ1) is 14.3. The van der Waals surface area contributed by atoms with Crippen molar-refractivity contribution in [2.75, 3.05) is 13.1 Å². The summed E-state index contributed by atoms with van der Waals surface area (Å²) in [6.07, 6.45) is 3.95. The zero-order valence-electron chi connectivity index (χ0n) is 18.3. The van der Waals surface area contributed by atoms with Crippen LogP contribution in [0.4, 0.5) is 0 Å². The van der Waals surface area contributed by atoms with E-state index < -0.39 is 0 Å². The van der Waals surface area contributed by atoms with Crippen LogP contribution in [0.2, 0.25) is 0 Å². The van der Waals surface area contributed by atoms with E-state index in [0.29, 0.717) is 17.7 Å². The summed E-state index contributed by atoms with van der Waals surface area (Å²) < 4.78 is 0. The zero-order valence-corrected chi connectivity index (χ0v) is 18.3. The predicted molar refractivity (Wildman–Crippen MR) is 120 cm³/mol. The number of piperidine rings is 1. The fourth-order valence-electron chi connectivity index (χ4n) is 3.61. The molecule has 160 valence electrons. The third-order valence-corrected chi connectivity index (χ3v) is 5.23. The number of nitrogens with one attached hydrogen (secondary N) is 2. The van der Waals surface area contributed by atoms with Gasteiger partial charge in [-0.15, -0.1) is 0 Å². The molecule has 1 fully saturated rings. The van der Waals surface area contributed by atoms with Crippen molar-refractivity contribution in [1.29, 1.82) is 0 Å². The Hall–Kier alpha value is -2.66. The van der Waals surface area contributed by atoms with Crippen LogP contribution in [0.15, 0.2) is 48.5 Å². The van der Waals surface area contributed by atoms with Crippen molar-refractivity contribution in [3.8, 4) is 0 Å². The van der Waals surface area contributed by atoms with Gasteiger partial charge in [0.1, 0.15) is 0 Å². The van der Waals surface area contributed by atoms with Crippen LogP contribution in [-0.2, 0) is 13.1 Å². The molecule has 0 bridgehead atoms. The van der Waals surface area contributed by atoms with E-state index >= 15 is 0 Å². The Morgan fingerprint density at radius 1 is 0.800 bits per heavy atom. The number of carbonyl (C=O) groups excluding carboxylic acids is 2. The van der Waals surface area contributed by atoms with Gasteiger partial charge in [-0.3, -0.25) is 14.5 Å². The molecule has 3 rings (SSSR count). The molecule has 1 aliphatic heterocycles. The van der Waals surface area contributed by atoms with Gasteiger partial charge in [-0.25, -0.2) is 0 Å². The maximum absolute atomic E-state index is 12.4. The second kappa shape index (κ2) is 9.90. The molecule has 0 atom stereocenters. The average molecular weight is 408 g/mol. The van der Waals surface area contributed by atoms with E-state index in [-0.39, 0.29) is 17.4 Å². The van der Waals surface area contributed by atoms with E-state index in [9.17, 15) is 9.59 Å². The fraction of sp³-hybridized carbons (Fsp3) is 0.440. The van der Waals surface area contributed by atoms with Gasteiger partial charge in [0.15, 0.2) is 0 Å². The van der Waals surface area contributed by atoms with E-state index in [1.807, 2.05) is 20.8 Å². The lowest BCUT2D eigenvalue weighted by atomic mass is 10.1. The lowest BCUT2D eigenvalue weighted by molar-refractivity contribution is 0.0915. The molecule has 2 aromatic carbocycles. The highest BCUT2D eigenvalue weighted by Gasteiger charge is 2.16. The Balaban J connectivity index is 1.49. The van der Waals surface area contributed by atoms with Crippen molar-refractivity contribution in [3.63, 3.8) is 0 Å². The topological polar surface area (TPSA) is 61.4 Å². The van der Waals surface area contributed by atoms with Crippen LogP contribution < -0.4 is 10.6 Å². The summed E-state index contributed by atoms with van der Waals surface area (Å²) >= 11 is 0. The number of hydrogen-bond acceptors (Lipinski definition) is 3. The molecule has 1 heterocycles. The van der Waals surface area contributed by atoms with Crippen molar-refractivity contribution < 1.29 is 9.59 Å². The quantitative estimate of drug-likeness (QED) is 0.757. The highest BCUT2D eigenvalue weighted by atomic mass is 16.2. The molecule has 0 saturated carbocycles. The smallest absolute Gasteiger partial charge is 0.251 e. The predicted octanol–water partition coefficient (Wildman–Crippen LogP) is 4.13. The summed E-state index contributed by atoms with van der Waals surface area (Å²) in [5.41, 5.74) is 3.19. The van der Waals surface area contributed by atoms with Crippen molar-refractivity contribution in [3.05, 3.63) is 70.8 Å². The molecule has 0 unspecified atom stereocenters. The number of benzene rings is 2. The summed E-state index contributed by atoms with van der Waals surface area (Å²) in [7, 11) is 0. The second-order valence-electron chi connectivity index (χ2n) is 9.12. The fourth-order valence-corrected chi connectivity index (χ4v) is 3.61. The molecular formula is C25H33N3O2. The zero-order chi connectivity index (χ0) is 21.6. The van der Waals surface area contributed by atoms with Crippen molar-refractivity contribution in [2.45, 2.75) is 58.7 Å². The van der Waals surface area contributed by atoms with E-state index in [1.165, 1.54) is 37.9 Å². The maximum atomic E-state index is 12.4. The largest absolute Gasteiger partial charge is 0.348 e. The van der Waals surface area contributed by atoms with Crippen LogP contribution in [0.25, 0.3) is 0 Å². The molecule has 0 radical (unpaired) electrons. The van der Waals surface area contributed by atoms with Gasteiger partial charge in [-0.1, -0.05) is 30.7 Å². The van der Waals surface area contributed by atoms with E-state index in [0.717, 1.165) is 12.1 Å². The Labute approximate surface area is 179 Å². The third kappa shape index (κ3) is 6.70. The number of carbonyl (C=O) groups is 2. The second-order valence-corrected chi connectivity index (χ2v) is 9.12. The van der Waals surface area contributed by atoms with Crippen LogP contribution >= 0.6 is 0 Å². The molecule has 1 saturated heterocycles. The first-order valence-electron chi connectivity index (χ1n) is 10.8. The van der Waals surface area contributed by atoms with Gasteiger partial charge in [0.05, 0.1) is 0 Å². The van der Waals surface area contributed by atoms with Crippen molar-refractivity contribution in [2.24, 2.45) is 0 Å². The van der Waals surface area contributed by atoms with Crippen LogP contribution in [0, 0.1) is 0 Å². The number of amides is 2. The van der Waals surface area contributed by atoms with Gasteiger partial charge in [0.2, 0.25) is 0 Å². The minimum atomic E-state index is -0.295. The molecule has 30 heavy (non-hydrogen) atoms. The molecule has 2 aromatic rings. The molecule has 5 nitrogen and oxygen atoms in total. The van der Waals surface area contributed by atoms with Gasteiger partial charge >= 0.3 is 0 Å². The molecule has 0 spiro atoms. The minimum absolute atomic E-state index is 0.140. The Kier molecular flexibility index (Phi) is 7.27. The van der Waals surface area contributed by atoms with E-state index in [2.05, 4.69) is 39.8 Å². The first kappa shape index (κ1) is 22.0. The number of hydrogen-bond donors (Lipinski definition) is 2. The summed E-state index contributed by atoms with van der Waals surface area (Å²) in [5.74, 6) is -0.283. The highest BCUT2D eigenvalue weighted by Crippen LogP contribution is 2.14. The van der Waals surface area contributed by atoms with Crippen LogP contribution in [0.3, 0.4) is 0 Å². The molecule has 2 amide bonds. The Morgan fingerprint density at radius 3 is 1.90 bits per heavy atom. The number of rotatable bonds is 6. The third-order valence-electron chi connectivity index (χ3n) is 5.23. The monoisotopic (exact) mass is 407 g/mol. The van der Waals surface area contributed by atoms with Gasteiger partial charge in [-0.05, 0) is 82.1 Å².